The van der Waals surface area contributed by atoms with Gasteiger partial charge in [-0.05, 0) is 36.2 Å². The van der Waals surface area contributed by atoms with E-state index in [4.69, 9.17) is 11.6 Å². The molecule has 0 saturated heterocycles. The number of halogens is 5. The van der Waals surface area contributed by atoms with Crippen molar-refractivity contribution in [3.63, 3.8) is 0 Å². The zero-order chi connectivity index (χ0) is 14.0. The van der Waals surface area contributed by atoms with Crippen LogP contribution in [0.4, 0.5) is 13.2 Å². The zero-order valence-corrected chi connectivity index (χ0v) is 12.0. The second-order valence-corrected chi connectivity index (χ2v) is 5.60. The van der Waals surface area contributed by atoms with E-state index in [-0.39, 0.29) is 16.4 Å². The van der Waals surface area contributed by atoms with Crippen molar-refractivity contribution in [1.29, 1.82) is 0 Å². The van der Waals surface area contributed by atoms with Gasteiger partial charge in [0.1, 0.15) is 17.5 Å². The van der Waals surface area contributed by atoms with Crippen LogP contribution in [-0.2, 0) is 6.42 Å². The third-order valence-electron chi connectivity index (χ3n) is 2.68. The van der Waals surface area contributed by atoms with Gasteiger partial charge in [0, 0.05) is 10.4 Å². The Morgan fingerprint density at radius 3 is 2.47 bits per heavy atom. The van der Waals surface area contributed by atoms with Crippen LogP contribution in [0, 0.1) is 17.5 Å². The first kappa shape index (κ1) is 14.4. The molecule has 2 aromatic carbocycles. The van der Waals surface area contributed by atoms with Crippen LogP contribution in [0.15, 0.2) is 36.4 Å². The monoisotopic (exact) mass is 348 g/mol. The van der Waals surface area contributed by atoms with Gasteiger partial charge in [0.2, 0.25) is 0 Å². The zero-order valence-electron chi connectivity index (χ0n) is 9.64. The van der Waals surface area contributed by atoms with Gasteiger partial charge in [0.15, 0.2) is 0 Å². The maximum Gasteiger partial charge on any atom is 0.142 e. The van der Waals surface area contributed by atoms with Crippen LogP contribution in [-0.4, -0.2) is 0 Å². The normalized spacial score (nSPS) is 12.5. The molecule has 0 amide bonds. The SMILES string of the molecule is Fc1cccc(CC(Br)c2cc(F)c(Cl)cc2F)c1. The van der Waals surface area contributed by atoms with Gasteiger partial charge in [-0.25, -0.2) is 13.2 Å². The van der Waals surface area contributed by atoms with Gasteiger partial charge < -0.3 is 0 Å². The second kappa shape index (κ2) is 5.97. The van der Waals surface area contributed by atoms with Crippen LogP contribution in [0.1, 0.15) is 16.0 Å². The Bertz CT molecular complexity index is 601. The van der Waals surface area contributed by atoms with Crippen molar-refractivity contribution in [2.24, 2.45) is 0 Å². The molecule has 2 rings (SSSR count). The summed E-state index contributed by atoms with van der Waals surface area (Å²) in [6.07, 6.45) is 0.343. The first-order valence-corrected chi connectivity index (χ1v) is 6.79. The van der Waals surface area contributed by atoms with E-state index in [9.17, 15) is 13.2 Å². The fourth-order valence-electron chi connectivity index (χ4n) is 1.76. The molecule has 0 aromatic heterocycles. The maximum absolute atomic E-state index is 13.7. The lowest BCUT2D eigenvalue weighted by Gasteiger charge is -2.12. The molecule has 0 nitrogen and oxygen atoms in total. The van der Waals surface area contributed by atoms with Crippen LogP contribution in [0.3, 0.4) is 0 Å². The smallest absolute Gasteiger partial charge is 0.142 e. The van der Waals surface area contributed by atoms with Crippen LogP contribution in [0.25, 0.3) is 0 Å². The highest BCUT2D eigenvalue weighted by molar-refractivity contribution is 9.09. The van der Waals surface area contributed by atoms with Gasteiger partial charge in [-0.3, -0.25) is 0 Å². The summed E-state index contributed by atoms with van der Waals surface area (Å²) in [6.45, 7) is 0. The summed E-state index contributed by atoms with van der Waals surface area (Å²) in [5.74, 6) is -1.63. The Labute approximate surface area is 122 Å². The first-order chi connectivity index (χ1) is 8.97. The lowest BCUT2D eigenvalue weighted by molar-refractivity contribution is 0.583. The number of rotatable bonds is 3. The maximum atomic E-state index is 13.7. The molecule has 0 aliphatic heterocycles. The van der Waals surface area contributed by atoms with Gasteiger partial charge in [0.05, 0.1) is 5.02 Å². The van der Waals surface area contributed by atoms with Gasteiger partial charge in [-0.1, -0.05) is 39.7 Å². The van der Waals surface area contributed by atoms with Crippen molar-refractivity contribution in [2.45, 2.75) is 11.2 Å². The van der Waals surface area contributed by atoms with Crippen LogP contribution < -0.4 is 0 Å². The van der Waals surface area contributed by atoms with Crippen molar-refractivity contribution in [2.75, 3.05) is 0 Å². The molecule has 1 atom stereocenters. The number of hydrogen-bond donors (Lipinski definition) is 0. The molecule has 0 fully saturated rings. The molecule has 2 aromatic rings. The number of hydrogen-bond acceptors (Lipinski definition) is 0. The molecule has 0 bridgehead atoms. The lowest BCUT2D eigenvalue weighted by Crippen LogP contribution is -2.00. The Hall–Kier alpha value is -1.00. The summed E-state index contributed by atoms with van der Waals surface area (Å²) >= 11 is 8.78. The average molecular weight is 350 g/mol. The molecule has 0 aliphatic rings. The minimum Gasteiger partial charge on any atom is -0.207 e. The van der Waals surface area contributed by atoms with Crippen molar-refractivity contribution in [1.82, 2.24) is 0 Å². The van der Waals surface area contributed by atoms with E-state index in [0.717, 1.165) is 12.1 Å². The molecule has 0 heterocycles. The quantitative estimate of drug-likeness (QED) is 0.511. The predicted octanol–water partition coefficient (Wildman–Crippen LogP) is 5.44. The minimum atomic E-state index is -0.679. The third kappa shape index (κ3) is 3.51. The highest BCUT2D eigenvalue weighted by Gasteiger charge is 2.16. The van der Waals surface area contributed by atoms with E-state index < -0.39 is 16.5 Å². The Kier molecular flexibility index (Phi) is 4.53. The number of benzene rings is 2. The largest absolute Gasteiger partial charge is 0.207 e. The lowest BCUT2D eigenvalue weighted by atomic mass is 10.0. The van der Waals surface area contributed by atoms with E-state index >= 15 is 0 Å². The van der Waals surface area contributed by atoms with E-state index in [1.165, 1.54) is 12.1 Å². The predicted molar refractivity (Wildman–Crippen MR) is 73.1 cm³/mol. The molecular formula is C14H9BrClF3. The van der Waals surface area contributed by atoms with Crippen LogP contribution >= 0.6 is 27.5 Å². The Morgan fingerprint density at radius 1 is 1.05 bits per heavy atom. The summed E-state index contributed by atoms with van der Waals surface area (Å²) in [5.41, 5.74) is 0.850. The van der Waals surface area contributed by atoms with Crippen molar-refractivity contribution in [3.8, 4) is 0 Å². The highest BCUT2D eigenvalue weighted by atomic mass is 79.9. The third-order valence-corrected chi connectivity index (χ3v) is 3.79. The molecular weight excluding hydrogens is 341 g/mol. The van der Waals surface area contributed by atoms with Crippen molar-refractivity contribution >= 4 is 27.5 Å². The molecule has 100 valence electrons. The topological polar surface area (TPSA) is 0 Å². The van der Waals surface area contributed by atoms with E-state index in [1.807, 2.05) is 0 Å². The van der Waals surface area contributed by atoms with Crippen molar-refractivity contribution in [3.05, 3.63) is 70.0 Å². The Morgan fingerprint density at radius 2 is 1.79 bits per heavy atom. The number of alkyl halides is 1. The molecule has 19 heavy (non-hydrogen) atoms. The van der Waals surface area contributed by atoms with E-state index in [1.54, 1.807) is 12.1 Å². The van der Waals surface area contributed by atoms with E-state index in [0.29, 0.717) is 12.0 Å². The van der Waals surface area contributed by atoms with Gasteiger partial charge in [-0.2, -0.15) is 0 Å². The molecule has 5 heteroatoms. The summed E-state index contributed by atoms with van der Waals surface area (Å²) in [7, 11) is 0. The summed E-state index contributed by atoms with van der Waals surface area (Å²) in [6, 6.07) is 7.97. The standard InChI is InChI=1S/C14H9BrClF3/c15-11(5-8-2-1-3-9(17)4-8)10-6-14(19)12(16)7-13(10)18/h1-4,6-7,11H,5H2. The fourth-order valence-corrected chi connectivity index (χ4v) is 2.63. The fraction of sp³-hybridized carbons (Fsp3) is 0.143. The van der Waals surface area contributed by atoms with Crippen LogP contribution in [0.2, 0.25) is 5.02 Å². The summed E-state index contributed by atoms with van der Waals surface area (Å²) in [4.78, 5) is -0.457. The molecule has 0 spiro atoms. The highest BCUT2D eigenvalue weighted by Crippen LogP contribution is 2.31. The molecule has 0 saturated carbocycles. The van der Waals surface area contributed by atoms with Crippen LogP contribution in [0.5, 0.6) is 0 Å². The average Bonchev–Trinajstić information content (AvgIpc) is 2.33. The summed E-state index contributed by atoms with van der Waals surface area (Å²) in [5, 5.41) is -0.258. The Balaban J connectivity index is 2.25. The minimum absolute atomic E-state index is 0.158. The van der Waals surface area contributed by atoms with Gasteiger partial charge >= 0.3 is 0 Å². The molecule has 1 unspecified atom stereocenters. The molecule has 0 N–H and O–H groups in total. The second-order valence-electron chi connectivity index (χ2n) is 4.09. The van der Waals surface area contributed by atoms with Crippen molar-refractivity contribution < 1.29 is 13.2 Å². The van der Waals surface area contributed by atoms with Gasteiger partial charge in [0.25, 0.3) is 0 Å². The summed E-state index contributed by atoms with van der Waals surface area (Å²) < 4.78 is 40.1. The van der Waals surface area contributed by atoms with Gasteiger partial charge in [-0.15, -0.1) is 0 Å². The molecule has 0 radical (unpaired) electrons. The van der Waals surface area contributed by atoms with E-state index in [2.05, 4.69) is 15.9 Å². The first-order valence-electron chi connectivity index (χ1n) is 5.50. The molecule has 0 aliphatic carbocycles.